The van der Waals surface area contributed by atoms with Crippen LogP contribution in [0.2, 0.25) is 0 Å². The molecule has 1 aliphatic rings. The van der Waals surface area contributed by atoms with Crippen LogP contribution in [0.3, 0.4) is 0 Å². The molecule has 0 saturated heterocycles. The van der Waals surface area contributed by atoms with Gasteiger partial charge in [-0.2, -0.15) is 0 Å². The molecule has 0 unspecified atom stereocenters. The summed E-state index contributed by atoms with van der Waals surface area (Å²) in [4.78, 5) is 0. The van der Waals surface area contributed by atoms with Gasteiger partial charge < -0.3 is 0 Å². The first-order valence-electron chi connectivity index (χ1n) is 9.18. The van der Waals surface area contributed by atoms with Crippen molar-refractivity contribution >= 4 is 0 Å². The first-order valence-corrected chi connectivity index (χ1v) is 9.18. The Morgan fingerprint density at radius 3 is 1.32 bits per heavy atom. The molecule has 0 N–H and O–H groups in total. The third kappa shape index (κ3) is 2.66. The van der Waals surface area contributed by atoms with Crippen LogP contribution in [0.1, 0.15) is 22.3 Å². The van der Waals surface area contributed by atoms with Gasteiger partial charge in [0.25, 0.3) is 0 Å². The summed E-state index contributed by atoms with van der Waals surface area (Å²) in [6, 6.07) is 29.6. The summed E-state index contributed by atoms with van der Waals surface area (Å²) >= 11 is 0. The maximum atomic E-state index is 13.6. The molecule has 0 aliphatic heterocycles. The Labute approximate surface area is 163 Å². The summed E-state index contributed by atoms with van der Waals surface area (Å²) in [5, 5.41) is 0. The van der Waals surface area contributed by atoms with Gasteiger partial charge in [0.05, 0.1) is 22.3 Å². The second kappa shape index (κ2) is 6.58. The Hall–Kier alpha value is -3.52. The number of hydrogen-bond acceptors (Lipinski definition) is 0. The first-order chi connectivity index (χ1) is 13.7. The number of fused-ring (bicyclic) bond motifs is 3. The van der Waals surface area contributed by atoms with Gasteiger partial charge in [-0.15, -0.1) is 0 Å². The monoisotopic (exact) mass is 366 g/mol. The zero-order valence-electron chi connectivity index (χ0n) is 15.0. The summed E-state index contributed by atoms with van der Waals surface area (Å²) in [5.74, 6) is 1.50. The maximum absolute atomic E-state index is 13.6. The number of halogens is 2. The molecule has 0 aromatic heterocycles. The standard InChI is InChI=1S/C26H16F2/c27-19-13-9-17(10-14-19)25(18-11-15-20(28)16-12-18)26-23-7-3-1-5-21(23)22-6-2-4-8-24(22)26/h1-16H/q+2. The molecule has 0 amide bonds. The summed E-state index contributed by atoms with van der Waals surface area (Å²) < 4.78 is 27.2. The smallest absolute Gasteiger partial charge is 0.138 e. The van der Waals surface area contributed by atoms with Gasteiger partial charge in [0.1, 0.15) is 34.6 Å². The Morgan fingerprint density at radius 2 is 0.893 bits per heavy atom. The van der Waals surface area contributed by atoms with Crippen LogP contribution in [0.25, 0.3) is 11.1 Å². The van der Waals surface area contributed by atoms with E-state index in [0.29, 0.717) is 0 Å². The van der Waals surface area contributed by atoms with E-state index < -0.39 is 0 Å². The van der Waals surface area contributed by atoms with E-state index in [9.17, 15) is 8.78 Å². The van der Waals surface area contributed by atoms with E-state index in [0.717, 1.165) is 34.1 Å². The minimum atomic E-state index is -0.278. The van der Waals surface area contributed by atoms with E-state index in [1.54, 1.807) is 24.3 Å². The molecular weight excluding hydrogens is 350 g/mol. The van der Waals surface area contributed by atoms with Gasteiger partial charge in [-0.05, 0) is 36.4 Å². The Balaban J connectivity index is 1.75. The molecule has 0 fully saturated rings. The maximum Gasteiger partial charge on any atom is 0.138 e. The van der Waals surface area contributed by atoms with Crippen molar-refractivity contribution < 1.29 is 8.78 Å². The Kier molecular flexibility index (Phi) is 3.91. The molecule has 0 radical (unpaired) electrons. The minimum absolute atomic E-state index is 0.278. The van der Waals surface area contributed by atoms with Crippen LogP contribution in [0.15, 0.2) is 97.1 Å². The number of benzene rings is 4. The van der Waals surface area contributed by atoms with E-state index in [1.165, 1.54) is 35.4 Å². The third-order valence-corrected chi connectivity index (χ3v) is 5.20. The van der Waals surface area contributed by atoms with Crippen LogP contribution >= 0.6 is 0 Å². The molecule has 0 heterocycles. The van der Waals surface area contributed by atoms with E-state index in [4.69, 9.17) is 0 Å². The predicted octanol–water partition coefficient (Wildman–Crippen LogP) is 6.59. The highest BCUT2D eigenvalue weighted by molar-refractivity contribution is 5.88. The topological polar surface area (TPSA) is 0 Å². The molecule has 28 heavy (non-hydrogen) atoms. The lowest BCUT2D eigenvalue weighted by atomic mass is 9.76. The van der Waals surface area contributed by atoms with Crippen molar-refractivity contribution in [3.05, 3.63) is 143 Å². The largest absolute Gasteiger partial charge is 0.205 e. The van der Waals surface area contributed by atoms with Gasteiger partial charge >= 0.3 is 0 Å². The highest BCUT2D eigenvalue weighted by Gasteiger charge is 2.46. The van der Waals surface area contributed by atoms with E-state index in [2.05, 4.69) is 24.3 Å². The van der Waals surface area contributed by atoms with Crippen LogP contribution in [0.5, 0.6) is 0 Å². The first kappa shape index (κ1) is 16.6. The van der Waals surface area contributed by atoms with Crippen LogP contribution in [-0.4, -0.2) is 0 Å². The lowest BCUT2D eigenvalue weighted by Crippen LogP contribution is -2.14. The van der Waals surface area contributed by atoms with Crippen molar-refractivity contribution in [3.8, 4) is 11.1 Å². The van der Waals surface area contributed by atoms with Gasteiger partial charge in [-0.3, -0.25) is 0 Å². The normalized spacial score (nSPS) is 11.9. The van der Waals surface area contributed by atoms with E-state index in [1.807, 2.05) is 24.3 Å². The van der Waals surface area contributed by atoms with Crippen LogP contribution in [0, 0.1) is 23.5 Å². The molecule has 0 bridgehead atoms. The summed E-state index contributed by atoms with van der Waals surface area (Å²) in [5.41, 5.74) is 6.41. The fourth-order valence-electron chi connectivity index (χ4n) is 3.97. The highest BCUT2D eigenvalue weighted by atomic mass is 19.1. The zero-order valence-corrected chi connectivity index (χ0v) is 15.0. The highest BCUT2D eigenvalue weighted by Crippen LogP contribution is 2.51. The Bertz CT molecular complexity index is 1040. The van der Waals surface area contributed by atoms with Crippen molar-refractivity contribution in [3.63, 3.8) is 0 Å². The van der Waals surface area contributed by atoms with Crippen molar-refractivity contribution in [2.45, 2.75) is 0 Å². The lowest BCUT2D eigenvalue weighted by Gasteiger charge is -2.17. The molecule has 0 atom stereocenters. The minimum Gasteiger partial charge on any atom is -0.205 e. The second-order valence-electron chi connectivity index (χ2n) is 6.85. The predicted molar refractivity (Wildman–Crippen MR) is 108 cm³/mol. The SMILES string of the molecule is Fc1ccc([C+](c2ccc(F)cc2)[C+]2c3ccccc3-c3ccccc32)cc1. The molecule has 4 aromatic rings. The molecule has 0 spiro atoms. The van der Waals surface area contributed by atoms with Crippen LogP contribution in [0.4, 0.5) is 8.78 Å². The van der Waals surface area contributed by atoms with Gasteiger partial charge in [0.15, 0.2) is 0 Å². The van der Waals surface area contributed by atoms with Crippen molar-refractivity contribution in [1.82, 2.24) is 0 Å². The fourth-order valence-corrected chi connectivity index (χ4v) is 3.97. The van der Waals surface area contributed by atoms with Crippen molar-refractivity contribution in [2.75, 3.05) is 0 Å². The second-order valence-corrected chi connectivity index (χ2v) is 6.85. The van der Waals surface area contributed by atoms with E-state index >= 15 is 0 Å². The molecular formula is C26H16F2+2. The molecule has 132 valence electrons. The number of hydrogen-bond donors (Lipinski definition) is 0. The van der Waals surface area contributed by atoms with Crippen LogP contribution in [-0.2, 0) is 0 Å². The fraction of sp³-hybridized carbons (Fsp3) is 0. The average Bonchev–Trinajstić information content (AvgIpc) is 3.06. The molecule has 4 aromatic carbocycles. The lowest BCUT2D eigenvalue weighted by molar-refractivity contribution is 0.627. The van der Waals surface area contributed by atoms with Gasteiger partial charge in [0.2, 0.25) is 0 Å². The third-order valence-electron chi connectivity index (χ3n) is 5.20. The summed E-state index contributed by atoms with van der Waals surface area (Å²) in [6.07, 6.45) is 0. The quantitative estimate of drug-likeness (QED) is 0.359. The molecule has 2 heteroatoms. The van der Waals surface area contributed by atoms with Crippen molar-refractivity contribution in [2.24, 2.45) is 0 Å². The van der Waals surface area contributed by atoms with Crippen LogP contribution < -0.4 is 0 Å². The molecule has 0 nitrogen and oxygen atoms in total. The summed E-state index contributed by atoms with van der Waals surface area (Å²) in [6.45, 7) is 0. The average molecular weight is 366 g/mol. The van der Waals surface area contributed by atoms with E-state index in [-0.39, 0.29) is 11.6 Å². The molecule has 0 saturated carbocycles. The zero-order chi connectivity index (χ0) is 19.1. The Morgan fingerprint density at radius 1 is 0.500 bits per heavy atom. The molecule has 1 aliphatic carbocycles. The van der Waals surface area contributed by atoms with Gasteiger partial charge in [-0.25, -0.2) is 8.78 Å². The van der Waals surface area contributed by atoms with Gasteiger partial charge in [-0.1, -0.05) is 0 Å². The van der Waals surface area contributed by atoms with Gasteiger partial charge in [0, 0.05) is 60.7 Å². The number of rotatable bonds is 3. The summed E-state index contributed by atoms with van der Waals surface area (Å²) in [7, 11) is 0. The molecule has 5 rings (SSSR count). The van der Waals surface area contributed by atoms with Crippen molar-refractivity contribution in [1.29, 1.82) is 0 Å².